The molecule has 1 amide bonds. The first kappa shape index (κ1) is 15.5. The molecule has 4 heteroatoms. The number of rotatable bonds is 4. The summed E-state index contributed by atoms with van der Waals surface area (Å²) < 4.78 is 2.82. The maximum Gasteiger partial charge on any atom is 0.269 e. The second-order valence-corrected chi connectivity index (χ2v) is 7.23. The summed E-state index contributed by atoms with van der Waals surface area (Å²) in [5.74, 6) is 0.520. The van der Waals surface area contributed by atoms with Crippen LogP contribution >= 0.6 is 15.9 Å². The minimum Gasteiger partial charge on any atom is -0.344 e. The van der Waals surface area contributed by atoms with E-state index in [1.165, 1.54) is 18.4 Å². The molecule has 1 atom stereocenters. The zero-order chi connectivity index (χ0) is 16.7. The molecular formula is C20H19BrN2O. The van der Waals surface area contributed by atoms with E-state index in [1.807, 2.05) is 54.1 Å². The quantitative estimate of drug-likeness (QED) is 0.689. The van der Waals surface area contributed by atoms with Crippen molar-refractivity contribution >= 4 is 32.7 Å². The van der Waals surface area contributed by atoms with Crippen molar-refractivity contribution < 1.29 is 4.79 Å². The molecule has 1 aliphatic carbocycles. The molecule has 1 fully saturated rings. The molecule has 1 saturated carbocycles. The number of nitrogens with zero attached hydrogens (tertiary/aromatic N) is 1. The summed E-state index contributed by atoms with van der Waals surface area (Å²) in [6, 6.07) is 18.4. The number of halogens is 1. The second kappa shape index (κ2) is 6.10. The van der Waals surface area contributed by atoms with E-state index in [4.69, 9.17) is 0 Å². The first-order valence-corrected chi connectivity index (χ1v) is 9.05. The third kappa shape index (κ3) is 2.65. The lowest BCUT2D eigenvalue weighted by molar-refractivity contribution is 0.0923. The molecule has 1 heterocycles. The summed E-state index contributed by atoms with van der Waals surface area (Å²) in [6.45, 7) is 0. The van der Waals surface area contributed by atoms with E-state index in [-0.39, 0.29) is 11.9 Å². The van der Waals surface area contributed by atoms with Gasteiger partial charge < -0.3 is 9.88 Å². The molecule has 2 aromatic carbocycles. The van der Waals surface area contributed by atoms with Gasteiger partial charge in [0.15, 0.2) is 0 Å². The molecule has 1 unspecified atom stereocenters. The lowest BCUT2D eigenvalue weighted by Gasteiger charge is -2.19. The highest BCUT2D eigenvalue weighted by atomic mass is 79.9. The fourth-order valence-corrected chi connectivity index (χ4v) is 4.15. The molecule has 0 bridgehead atoms. The van der Waals surface area contributed by atoms with Crippen LogP contribution in [-0.2, 0) is 7.05 Å². The van der Waals surface area contributed by atoms with Gasteiger partial charge in [0, 0.05) is 18.0 Å². The van der Waals surface area contributed by atoms with Crippen LogP contribution in [0.2, 0.25) is 0 Å². The van der Waals surface area contributed by atoms with E-state index in [0.29, 0.717) is 11.6 Å². The van der Waals surface area contributed by atoms with Crippen LogP contribution in [-0.4, -0.2) is 10.5 Å². The Morgan fingerprint density at radius 3 is 2.46 bits per heavy atom. The van der Waals surface area contributed by atoms with Gasteiger partial charge in [-0.1, -0.05) is 48.5 Å². The van der Waals surface area contributed by atoms with E-state index in [1.54, 1.807) is 0 Å². The van der Waals surface area contributed by atoms with E-state index in [9.17, 15) is 4.79 Å². The standard InChI is InChI=1S/C20H19BrN2O/c1-23-16-10-6-5-9-15(16)17(21)19(23)20(24)22-18(14-11-12-14)13-7-3-2-4-8-13/h2-10,14,18H,11-12H2,1H3,(H,22,24). The lowest BCUT2D eigenvalue weighted by atomic mass is 10.0. The van der Waals surface area contributed by atoms with Crippen LogP contribution in [0, 0.1) is 5.92 Å². The zero-order valence-corrected chi connectivity index (χ0v) is 15.1. The number of para-hydroxylation sites is 1. The van der Waals surface area contributed by atoms with Gasteiger partial charge in [-0.15, -0.1) is 0 Å². The predicted octanol–water partition coefficient (Wildman–Crippen LogP) is 4.82. The first-order valence-electron chi connectivity index (χ1n) is 8.25. The van der Waals surface area contributed by atoms with Gasteiger partial charge in [-0.2, -0.15) is 0 Å². The number of nitrogens with one attached hydrogen (secondary N) is 1. The minimum absolute atomic E-state index is 0.0265. The Labute approximate surface area is 149 Å². The largest absolute Gasteiger partial charge is 0.344 e. The third-order valence-electron chi connectivity index (χ3n) is 4.80. The van der Waals surface area contributed by atoms with E-state index < -0.39 is 0 Å². The fraction of sp³-hybridized carbons (Fsp3) is 0.250. The molecule has 4 rings (SSSR count). The highest BCUT2D eigenvalue weighted by Gasteiger charge is 2.34. The van der Waals surface area contributed by atoms with Crippen molar-refractivity contribution in [2.24, 2.45) is 13.0 Å². The number of hydrogen-bond acceptors (Lipinski definition) is 1. The maximum absolute atomic E-state index is 13.0. The molecule has 1 aromatic heterocycles. The smallest absolute Gasteiger partial charge is 0.269 e. The molecule has 0 aliphatic heterocycles. The average molecular weight is 383 g/mol. The van der Waals surface area contributed by atoms with Crippen LogP contribution < -0.4 is 5.32 Å². The molecule has 0 spiro atoms. The second-order valence-electron chi connectivity index (χ2n) is 6.44. The number of carbonyl (C=O) groups is 1. The highest BCUT2D eigenvalue weighted by Crippen LogP contribution is 2.41. The molecule has 3 nitrogen and oxygen atoms in total. The van der Waals surface area contributed by atoms with Crippen LogP contribution in [0.3, 0.4) is 0 Å². The SMILES string of the molecule is Cn1c(C(=O)NC(c2ccccc2)C2CC2)c(Br)c2ccccc21. The van der Waals surface area contributed by atoms with Crippen LogP contribution in [0.1, 0.15) is 34.9 Å². The molecule has 1 aliphatic rings. The van der Waals surface area contributed by atoms with E-state index >= 15 is 0 Å². The van der Waals surface area contributed by atoms with Gasteiger partial charge in [0.05, 0.1) is 10.5 Å². The molecule has 24 heavy (non-hydrogen) atoms. The van der Waals surface area contributed by atoms with Crippen LogP contribution in [0.25, 0.3) is 10.9 Å². The lowest BCUT2D eigenvalue weighted by Crippen LogP contribution is -2.31. The summed E-state index contributed by atoms with van der Waals surface area (Å²) in [4.78, 5) is 13.0. The Hall–Kier alpha value is -2.07. The van der Waals surface area contributed by atoms with E-state index in [2.05, 4.69) is 33.4 Å². The molecular weight excluding hydrogens is 364 g/mol. The normalized spacial score (nSPS) is 15.4. The van der Waals surface area contributed by atoms with Gasteiger partial charge in [-0.05, 0) is 46.3 Å². The van der Waals surface area contributed by atoms with Crippen LogP contribution in [0.5, 0.6) is 0 Å². The molecule has 122 valence electrons. The van der Waals surface area contributed by atoms with Crippen molar-refractivity contribution in [3.05, 3.63) is 70.3 Å². The topological polar surface area (TPSA) is 34.0 Å². The van der Waals surface area contributed by atoms with Gasteiger partial charge in [-0.25, -0.2) is 0 Å². The number of amides is 1. The third-order valence-corrected chi connectivity index (χ3v) is 5.60. The van der Waals surface area contributed by atoms with Gasteiger partial charge in [0.1, 0.15) is 5.69 Å². The first-order chi connectivity index (χ1) is 11.7. The minimum atomic E-state index is -0.0265. The molecule has 0 radical (unpaired) electrons. The van der Waals surface area contributed by atoms with Crippen molar-refractivity contribution in [1.82, 2.24) is 9.88 Å². The number of aromatic nitrogens is 1. The summed E-state index contributed by atoms with van der Waals surface area (Å²) in [7, 11) is 1.94. The Morgan fingerprint density at radius 1 is 1.12 bits per heavy atom. The maximum atomic E-state index is 13.0. The van der Waals surface area contributed by atoms with Crippen molar-refractivity contribution in [3.63, 3.8) is 0 Å². The Balaban J connectivity index is 1.69. The Kier molecular flexibility index (Phi) is 3.93. The number of aryl methyl sites for hydroxylation is 1. The van der Waals surface area contributed by atoms with Crippen LogP contribution in [0.4, 0.5) is 0 Å². The monoisotopic (exact) mass is 382 g/mol. The fourth-order valence-electron chi connectivity index (χ4n) is 3.37. The van der Waals surface area contributed by atoms with Crippen LogP contribution in [0.15, 0.2) is 59.1 Å². The summed E-state index contributed by atoms with van der Waals surface area (Å²) >= 11 is 3.62. The highest BCUT2D eigenvalue weighted by molar-refractivity contribution is 9.10. The Morgan fingerprint density at radius 2 is 1.79 bits per heavy atom. The van der Waals surface area contributed by atoms with Gasteiger partial charge >= 0.3 is 0 Å². The van der Waals surface area contributed by atoms with Crippen molar-refractivity contribution in [1.29, 1.82) is 0 Å². The van der Waals surface area contributed by atoms with Gasteiger partial charge in [-0.3, -0.25) is 4.79 Å². The van der Waals surface area contributed by atoms with Gasteiger partial charge in [0.2, 0.25) is 0 Å². The molecule has 1 N–H and O–H groups in total. The molecule has 0 saturated heterocycles. The predicted molar refractivity (Wildman–Crippen MR) is 100.0 cm³/mol. The molecule has 3 aromatic rings. The summed E-state index contributed by atoms with van der Waals surface area (Å²) in [6.07, 6.45) is 2.35. The number of carbonyl (C=O) groups excluding carboxylic acids is 1. The average Bonchev–Trinajstić information content (AvgIpc) is 3.41. The summed E-state index contributed by atoms with van der Waals surface area (Å²) in [5.41, 5.74) is 2.92. The number of benzene rings is 2. The van der Waals surface area contributed by atoms with Gasteiger partial charge in [0.25, 0.3) is 5.91 Å². The zero-order valence-electron chi connectivity index (χ0n) is 13.5. The number of fused-ring (bicyclic) bond motifs is 1. The van der Waals surface area contributed by atoms with Crippen molar-refractivity contribution in [2.45, 2.75) is 18.9 Å². The van der Waals surface area contributed by atoms with Crippen molar-refractivity contribution in [3.8, 4) is 0 Å². The van der Waals surface area contributed by atoms with Crippen molar-refractivity contribution in [2.75, 3.05) is 0 Å². The Bertz CT molecular complexity index is 858. The number of hydrogen-bond donors (Lipinski definition) is 1. The van der Waals surface area contributed by atoms with E-state index in [0.717, 1.165) is 15.4 Å². The summed E-state index contributed by atoms with van der Waals surface area (Å²) in [5, 5.41) is 4.33.